The molecule has 1 aliphatic heterocycles. The Bertz CT molecular complexity index is 1040. The van der Waals surface area contributed by atoms with E-state index in [2.05, 4.69) is 0 Å². The van der Waals surface area contributed by atoms with Gasteiger partial charge in [-0.15, -0.1) is 0 Å². The molecule has 0 atom stereocenters. The Balaban J connectivity index is 1.51. The van der Waals surface area contributed by atoms with Crippen molar-refractivity contribution in [3.05, 3.63) is 99.2 Å². The van der Waals surface area contributed by atoms with E-state index in [1.165, 1.54) is 0 Å². The molecule has 0 unspecified atom stereocenters. The summed E-state index contributed by atoms with van der Waals surface area (Å²) in [4.78, 5) is 12.5. The molecule has 4 rings (SSSR count). The zero-order chi connectivity index (χ0) is 18.8. The number of benzene rings is 3. The van der Waals surface area contributed by atoms with E-state index in [-0.39, 0.29) is 11.5 Å². The lowest BCUT2D eigenvalue weighted by Crippen LogP contribution is -1.98. The fraction of sp³-hybridized carbons (Fsp3) is 0.0455. The van der Waals surface area contributed by atoms with Crippen LogP contribution in [-0.2, 0) is 6.61 Å². The summed E-state index contributed by atoms with van der Waals surface area (Å²) in [5.41, 5.74) is 2.32. The topological polar surface area (TPSA) is 35.5 Å². The zero-order valence-electron chi connectivity index (χ0n) is 14.1. The summed E-state index contributed by atoms with van der Waals surface area (Å²) in [6, 6.07) is 19.9. The number of hydrogen-bond donors (Lipinski definition) is 0. The average Bonchev–Trinajstić information content (AvgIpc) is 2.97. The molecule has 5 heteroatoms. The third kappa shape index (κ3) is 4.00. The number of ketones is 1. The van der Waals surface area contributed by atoms with Crippen LogP contribution in [0.5, 0.6) is 11.5 Å². The molecule has 27 heavy (non-hydrogen) atoms. The van der Waals surface area contributed by atoms with Crippen molar-refractivity contribution < 1.29 is 14.3 Å². The molecule has 0 aromatic heterocycles. The molecule has 134 valence electrons. The van der Waals surface area contributed by atoms with Crippen LogP contribution in [0.3, 0.4) is 0 Å². The van der Waals surface area contributed by atoms with E-state index in [1.807, 2.05) is 36.4 Å². The smallest absolute Gasteiger partial charge is 0.231 e. The lowest BCUT2D eigenvalue weighted by atomic mass is 10.1. The number of fused-ring (bicyclic) bond motifs is 1. The van der Waals surface area contributed by atoms with Crippen LogP contribution in [0, 0.1) is 0 Å². The van der Waals surface area contributed by atoms with Crippen LogP contribution in [0.1, 0.15) is 21.5 Å². The molecule has 0 amide bonds. The van der Waals surface area contributed by atoms with E-state index in [0.717, 1.165) is 11.1 Å². The summed E-state index contributed by atoms with van der Waals surface area (Å²) in [6.45, 7) is 0.376. The molecule has 0 radical (unpaired) electrons. The van der Waals surface area contributed by atoms with Gasteiger partial charge in [-0.25, -0.2) is 0 Å². The van der Waals surface area contributed by atoms with Crippen LogP contribution in [0.2, 0.25) is 10.0 Å². The second-order valence-corrected chi connectivity index (χ2v) is 6.94. The minimum Gasteiger partial charge on any atom is -0.489 e. The van der Waals surface area contributed by atoms with Gasteiger partial charge in [-0.05, 0) is 53.6 Å². The second-order valence-electron chi connectivity index (χ2n) is 6.07. The maximum atomic E-state index is 12.5. The molecule has 0 fully saturated rings. The highest BCUT2D eigenvalue weighted by Gasteiger charge is 2.27. The predicted molar refractivity (Wildman–Crippen MR) is 107 cm³/mol. The van der Waals surface area contributed by atoms with Gasteiger partial charge in [0.2, 0.25) is 5.78 Å². The van der Waals surface area contributed by atoms with Gasteiger partial charge < -0.3 is 9.47 Å². The number of allylic oxidation sites excluding steroid dienone is 1. The van der Waals surface area contributed by atoms with Crippen molar-refractivity contribution in [1.29, 1.82) is 0 Å². The number of ether oxygens (including phenoxy) is 2. The van der Waals surface area contributed by atoms with Crippen LogP contribution < -0.4 is 9.47 Å². The molecule has 0 N–H and O–H groups in total. The summed E-state index contributed by atoms with van der Waals surface area (Å²) in [6.07, 6.45) is 1.70. The first-order chi connectivity index (χ1) is 13.1. The van der Waals surface area contributed by atoms with Gasteiger partial charge in [-0.2, -0.15) is 0 Å². The fourth-order valence-electron chi connectivity index (χ4n) is 2.76. The van der Waals surface area contributed by atoms with Crippen LogP contribution in [-0.4, -0.2) is 5.78 Å². The second kappa shape index (κ2) is 7.47. The van der Waals surface area contributed by atoms with Crippen molar-refractivity contribution in [3.63, 3.8) is 0 Å². The quantitative estimate of drug-likeness (QED) is 0.493. The Labute approximate surface area is 166 Å². The van der Waals surface area contributed by atoms with Gasteiger partial charge in [0.1, 0.15) is 18.1 Å². The first-order valence-corrected chi connectivity index (χ1v) is 9.05. The number of rotatable bonds is 4. The minimum atomic E-state index is -0.152. The maximum Gasteiger partial charge on any atom is 0.231 e. The third-order valence-corrected chi connectivity index (χ3v) is 4.59. The Morgan fingerprint density at radius 2 is 1.74 bits per heavy atom. The van der Waals surface area contributed by atoms with Gasteiger partial charge in [0.05, 0.1) is 5.56 Å². The Morgan fingerprint density at radius 1 is 0.926 bits per heavy atom. The van der Waals surface area contributed by atoms with Crippen LogP contribution >= 0.6 is 23.2 Å². The highest BCUT2D eigenvalue weighted by atomic mass is 35.5. The standard InChI is InChI=1S/C22H14Cl2O3/c23-16-6-4-14(5-7-16)11-21-22(25)19-9-8-18(12-20(19)27-21)26-13-15-2-1-3-17(24)10-15/h1-12H,13H2/b21-11-. The van der Waals surface area contributed by atoms with Crippen molar-refractivity contribution in [2.24, 2.45) is 0 Å². The van der Waals surface area contributed by atoms with Crippen molar-refractivity contribution >= 4 is 35.1 Å². The number of Topliss-reactive ketones (excluding diaryl/α,β-unsaturated/α-hetero) is 1. The van der Waals surface area contributed by atoms with Crippen molar-refractivity contribution in [3.8, 4) is 11.5 Å². The SMILES string of the molecule is O=C1/C(=C/c2ccc(Cl)cc2)Oc2cc(OCc3cccc(Cl)c3)ccc21. The van der Waals surface area contributed by atoms with E-state index in [0.29, 0.717) is 33.7 Å². The van der Waals surface area contributed by atoms with E-state index in [4.69, 9.17) is 32.7 Å². The summed E-state index contributed by atoms with van der Waals surface area (Å²) < 4.78 is 11.5. The monoisotopic (exact) mass is 396 g/mol. The molecule has 0 saturated carbocycles. The van der Waals surface area contributed by atoms with Gasteiger partial charge >= 0.3 is 0 Å². The molecular weight excluding hydrogens is 383 g/mol. The molecule has 0 saturated heterocycles. The molecule has 1 heterocycles. The lowest BCUT2D eigenvalue weighted by molar-refractivity contribution is 0.101. The molecule has 0 spiro atoms. The van der Waals surface area contributed by atoms with Crippen molar-refractivity contribution in [2.75, 3.05) is 0 Å². The van der Waals surface area contributed by atoms with Gasteiger partial charge in [0.15, 0.2) is 5.76 Å². The van der Waals surface area contributed by atoms with Gasteiger partial charge in [-0.3, -0.25) is 4.79 Å². The third-order valence-electron chi connectivity index (χ3n) is 4.10. The van der Waals surface area contributed by atoms with Gasteiger partial charge in [0, 0.05) is 16.1 Å². The Hall–Kier alpha value is -2.75. The largest absolute Gasteiger partial charge is 0.489 e. The zero-order valence-corrected chi connectivity index (χ0v) is 15.6. The van der Waals surface area contributed by atoms with Crippen molar-refractivity contribution in [1.82, 2.24) is 0 Å². The van der Waals surface area contributed by atoms with Crippen LogP contribution in [0.4, 0.5) is 0 Å². The average molecular weight is 397 g/mol. The number of hydrogen-bond acceptors (Lipinski definition) is 3. The van der Waals surface area contributed by atoms with Gasteiger partial charge in [0.25, 0.3) is 0 Å². The molecule has 3 aromatic rings. The molecule has 0 bridgehead atoms. The summed E-state index contributed by atoms with van der Waals surface area (Å²) in [5.74, 6) is 1.23. The highest BCUT2D eigenvalue weighted by molar-refractivity contribution is 6.30. The van der Waals surface area contributed by atoms with Crippen LogP contribution in [0.25, 0.3) is 6.08 Å². The van der Waals surface area contributed by atoms with E-state index in [1.54, 1.807) is 36.4 Å². The Kier molecular flexibility index (Phi) is 4.88. The Morgan fingerprint density at radius 3 is 2.52 bits per heavy atom. The van der Waals surface area contributed by atoms with E-state index < -0.39 is 0 Å². The summed E-state index contributed by atoms with van der Waals surface area (Å²) >= 11 is 11.9. The molecule has 3 aromatic carbocycles. The first kappa shape index (κ1) is 17.7. The van der Waals surface area contributed by atoms with Crippen molar-refractivity contribution in [2.45, 2.75) is 6.61 Å². The van der Waals surface area contributed by atoms with E-state index in [9.17, 15) is 4.79 Å². The lowest BCUT2D eigenvalue weighted by Gasteiger charge is -2.07. The summed E-state index contributed by atoms with van der Waals surface area (Å²) in [7, 11) is 0. The highest BCUT2D eigenvalue weighted by Crippen LogP contribution is 2.35. The molecular formula is C22H14Cl2O3. The normalized spacial score (nSPS) is 14.1. The van der Waals surface area contributed by atoms with Gasteiger partial charge in [-0.1, -0.05) is 47.5 Å². The molecule has 0 aliphatic carbocycles. The van der Waals surface area contributed by atoms with Crippen LogP contribution in [0.15, 0.2) is 72.5 Å². The predicted octanol–water partition coefficient (Wildman–Crippen LogP) is 6.19. The molecule has 3 nitrogen and oxygen atoms in total. The minimum absolute atomic E-state index is 0.152. The number of carbonyl (C=O) groups is 1. The number of halogens is 2. The first-order valence-electron chi connectivity index (χ1n) is 8.29. The molecule has 1 aliphatic rings. The summed E-state index contributed by atoms with van der Waals surface area (Å²) in [5, 5.41) is 1.30. The fourth-order valence-corrected chi connectivity index (χ4v) is 3.10. The maximum absolute atomic E-state index is 12.5. The van der Waals surface area contributed by atoms with E-state index >= 15 is 0 Å². The number of carbonyl (C=O) groups excluding carboxylic acids is 1.